The number of benzene rings is 2. The Morgan fingerprint density at radius 1 is 1.12 bits per heavy atom. The van der Waals surface area contributed by atoms with Crippen LogP contribution in [0.3, 0.4) is 0 Å². The second kappa shape index (κ2) is 7.45. The van der Waals surface area contributed by atoms with Gasteiger partial charge < -0.3 is 0 Å². The van der Waals surface area contributed by atoms with E-state index >= 15 is 0 Å². The predicted octanol–water partition coefficient (Wildman–Crippen LogP) is 3.50. The molecule has 1 amide bonds. The van der Waals surface area contributed by atoms with Gasteiger partial charge in [0.05, 0.1) is 6.26 Å². The van der Waals surface area contributed by atoms with Crippen LogP contribution >= 0.6 is 0 Å². The molecule has 126 valence electrons. The van der Waals surface area contributed by atoms with Gasteiger partial charge in [-0.2, -0.15) is 0 Å². The number of nitrogens with one attached hydrogen (secondary N) is 1. The SMILES string of the molecule is Cc1ccc(C(C)/C=C/c2ccccc2)c(C(=O)NS(C)(=O)=O)c1. The van der Waals surface area contributed by atoms with Crippen LogP contribution in [0.1, 0.15) is 39.9 Å². The Morgan fingerprint density at radius 3 is 2.42 bits per heavy atom. The van der Waals surface area contributed by atoms with Crippen LogP contribution in [0.2, 0.25) is 0 Å². The van der Waals surface area contributed by atoms with Gasteiger partial charge in [0.15, 0.2) is 0 Å². The first-order chi connectivity index (χ1) is 11.3. The standard InChI is InChI=1S/C19H21NO3S/c1-14-9-12-17(18(13-14)19(21)20-24(3,22)23)15(2)10-11-16-7-5-4-6-8-16/h4-13,15H,1-3H3,(H,20,21)/b11-10+. The summed E-state index contributed by atoms with van der Waals surface area (Å²) >= 11 is 0. The number of allylic oxidation sites excluding steroid dienone is 1. The van der Waals surface area contributed by atoms with Crippen molar-refractivity contribution in [3.8, 4) is 0 Å². The minimum atomic E-state index is -3.60. The summed E-state index contributed by atoms with van der Waals surface area (Å²) in [4.78, 5) is 12.3. The molecule has 1 atom stereocenters. The van der Waals surface area contributed by atoms with Crippen molar-refractivity contribution in [1.82, 2.24) is 4.72 Å². The maximum absolute atomic E-state index is 12.3. The molecule has 0 saturated heterocycles. The number of rotatable bonds is 5. The molecule has 1 N–H and O–H groups in total. The molecule has 5 heteroatoms. The fourth-order valence-electron chi connectivity index (χ4n) is 2.41. The van der Waals surface area contributed by atoms with Crippen LogP contribution in [0.25, 0.3) is 6.08 Å². The highest BCUT2D eigenvalue weighted by molar-refractivity contribution is 7.89. The maximum Gasteiger partial charge on any atom is 0.265 e. The molecule has 0 heterocycles. The molecule has 24 heavy (non-hydrogen) atoms. The lowest BCUT2D eigenvalue weighted by Crippen LogP contribution is -2.30. The van der Waals surface area contributed by atoms with Crippen molar-refractivity contribution >= 4 is 22.0 Å². The van der Waals surface area contributed by atoms with E-state index in [1.807, 2.05) is 73.2 Å². The Kier molecular flexibility index (Phi) is 5.57. The summed E-state index contributed by atoms with van der Waals surface area (Å²) in [5, 5.41) is 0. The number of aryl methyl sites for hydroxylation is 1. The van der Waals surface area contributed by atoms with Gasteiger partial charge in [0.2, 0.25) is 10.0 Å². The molecule has 4 nitrogen and oxygen atoms in total. The van der Waals surface area contributed by atoms with Gasteiger partial charge in [-0.15, -0.1) is 0 Å². The molecule has 0 aromatic heterocycles. The third-order valence-corrected chi connectivity index (χ3v) is 4.16. The molecule has 0 radical (unpaired) electrons. The van der Waals surface area contributed by atoms with Gasteiger partial charge >= 0.3 is 0 Å². The molecule has 2 rings (SSSR count). The van der Waals surface area contributed by atoms with Crippen LogP contribution in [0.5, 0.6) is 0 Å². The van der Waals surface area contributed by atoms with E-state index in [0.29, 0.717) is 5.56 Å². The molecule has 2 aromatic rings. The monoisotopic (exact) mass is 343 g/mol. The topological polar surface area (TPSA) is 63.2 Å². The number of hydrogen-bond acceptors (Lipinski definition) is 3. The van der Waals surface area contributed by atoms with E-state index in [1.54, 1.807) is 6.07 Å². The first-order valence-corrected chi connectivity index (χ1v) is 9.51. The van der Waals surface area contributed by atoms with E-state index < -0.39 is 15.9 Å². The fourth-order valence-corrected chi connectivity index (χ4v) is 2.86. The number of carbonyl (C=O) groups excluding carboxylic acids is 1. The number of sulfonamides is 1. The first kappa shape index (κ1) is 17.9. The van der Waals surface area contributed by atoms with E-state index in [2.05, 4.69) is 0 Å². The van der Waals surface area contributed by atoms with E-state index in [0.717, 1.165) is 22.9 Å². The minimum Gasteiger partial charge on any atom is -0.268 e. The summed E-state index contributed by atoms with van der Waals surface area (Å²) in [5.74, 6) is -0.637. The molecule has 0 aliphatic carbocycles. The number of carbonyl (C=O) groups is 1. The molecule has 2 aromatic carbocycles. The van der Waals surface area contributed by atoms with Crippen LogP contribution < -0.4 is 4.72 Å². The average molecular weight is 343 g/mol. The van der Waals surface area contributed by atoms with Gasteiger partial charge in [0.25, 0.3) is 5.91 Å². The Hall–Kier alpha value is -2.40. The molecular formula is C19H21NO3S. The Morgan fingerprint density at radius 2 is 1.79 bits per heavy atom. The van der Waals surface area contributed by atoms with Crippen LogP contribution in [0, 0.1) is 6.92 Å². The van der Waals surface area contributed by atoms with Crippen molar-refractivity contribution in [2.45, 2.75) is 19.8 Å². The van der Waals surface area contributed by atoms with Crippen LogP contribution in [0.4, 0.5) is 0 Å². The average Bonchev–Trinajstić information content (AvgIpc) is 2.52. The number of amides is 1. The highest BCUT2D eigenvalue weighted by atomic mass is 32.2. The highest BCUT2D eigenvalue weighted by Gasteiger charge is 2.17. The molecule has 0 bridgehead atoms. The zero-order chi connectivity index (χ0) is 17.7. The van der Waals surface area contributed by atoms with Crippen LogP contribution in [-0.2, 0) is 10.0 Å². The molecule has 0 fully saturated rings. The quantitative estimate of drug-likeness (QED) is 0.904. The Labute approximate surface area is 143 Å². The summed E-state index contributed by atoms with van der Waals surface area (Å²) in [7, 11) is -3.60. The highest BCUT2D eigenvalue weighted by Crippen LogP contribution is 2.23. The summed E-state index contributed by atoms with van der Waals surface area (Å²) in [6.45, 7) is 3.84. The summed E-state index contributed by atoms with van der Waals surface area (Å²) < 4.78 is 24.7. The first-order valence-electron chi connectivity index (χ1n) is 7.62. The van der Waals surface area contributed by atoms with Crippen molar-refractivity contribution < 1.29 is 13.2 Å². The van der Waals surface area contributed by atoms with E-state index in [-0.39, 0.29) is 5.92 Å². The molecule has 1 unspecified atom stereocenters. The van der Waals surface area contributed by atoms with Gasteiger partial charge in [-0.05, 0) is 24.1 Å². The maximum atomic E-state index is 12.3. The normalized spacial score (nSPS) is 13.0. The van der Waals surface area contributed by atoms with Crippen molar-refractivity contribution in [3.63, 3.8) is 0 Å². The summed E-state index contributed by atoms with van der Waals surface area (Å²) in [6.07, 6.45) is 4.96. The minimum absolute atomic E-state index is 0.0360. The van der Waals surface area contributed by atoms with E-state index in [1.165, 1.54) is 0 Å². The second-order valence-electron chi connectivity index (χ2n) is 5.85. The zero-order valence-electron chi connectivity index (χ0n) is 14.0. The van der Waals surface area contributed by atoms with Gasteiger partial charge in [-0.25, -0.2) is 13.1 Å². The summed E-state index contributed by atoms with van der Waals surface area (Å²) in [6, 6.07) is 15.4. The number of hydrogen-bond donors (Lipinski definition) is 1. The third-order valence-electron chi connectivity index (χ3n) is 3.60. The molecular weight excluding hydrogens is 322 g/mol. The van der Waals surface area contributed by atoms with Crippen molar-refractivity contribution in [2.24, 2.45) is 0 Å². The Bertz CT molecular complexity index is 855. The van der Waals surface area contributed by atoms with Crippen molar-refractivity contribution in [1.29, 1.82) is 0 Å². The summed E-state index contributed by atoms with van der Waals surface area (Å²) in [5.41, 5.74) is 3.13. The van der Waals surface area contributed by atoms with Gasteiger partial charge in [-0.3, -0.25) is 4.79 Å². The molecule has 0 spiro atoms. The van der Waals surface area contributed by atoms with Crippen molar-refractivity contribution in [3.05, 3.63) is 76.9 Å². The third kappa shape index (κ3) is 5.06. The van der Waals surface area contributed by atoms with E-state index in [9.17, 15) is 13.2 Å². The molecule has 0 saturated carbocycles. The van der Waals surface area contributed by atoms with Gasteiger partial charge in [0, 0.05) is 11.5 Å². The molecule has 0 aliphatic heterocycles. The van der Waals surface area contributed by atoms with Gasteiger partial charge in [-0.1, -0.05) is 67.1 Å². The second-order valence-corrected chi connectivity index (χ2v) is 7.60. The molecule has 0 aliphatic rings. The van der Waals surface area contributed by atoms with Crippen LogP contribution in [0.15, 0.2) is 54.6 Å². The lowest BCUT2D eigenvalue weighted by molar-refractivity contribution is 0.0980. The van der Waals surface area contributed by atoms with Crippen LogP contribution in [-0.4, -0.2) is 20.6 Å². The lowest BCUT2D eigenvalue weighted by Gasteiger charge is -2.14. The predicted molar refractivity (Wildman–Crippen MR) is 97.4 cm³/mol. The van der Waals surface area contributed by atoms with E-state index in [4.69, 9.17) is 0 Å². The largest absolute Gasteiger partial charge is 0.268 e. The smallest absolute Gasteiger partial charge is 0.265 e. The fraction of sp³-hybridized carbons (Fsp3) is 0.211. The van der Waals surface area contributed by atoms with Crippen molar-refractivity contribution in [2.75, 3.05) is 6.26 Å². The van der Waals surface area contributed by atoms with Gasteiger partial charge in [0.1, 0.15) is 0 Å². The zero-order valence-corrected chi connectivity index (χ0v) is 14.8. The lowest BCUT2D eigenvalue weighted by atomic mass is 9.93. The Balaban J connectivity index is 2.32.